The number of fused-ring (bicyclic) bond motifs is 1. The van der Waals surface area contributed by atoms with E-state index in [2.05, 4.69) is 9.97 Å². The first-order valence-corrected chi connectivity index (χ1v) is 7.43. The van der Waals surface area contributed by atoms with Gasteiger partial charge < -0.3 is 4.98 Å². The molecule has 1 aromatic carbocycles. The van der Waals surface area contributed by atoms with Crippen LogP contribution >= 0.6 is 11.3 Å². The zero-order valence-corrected chi connectivity index (χ0v) is 12.5. The number of nitrogens with zero attached hydrogens (tertiary/aromatic N) is 2. The molecular formula is C14H12F3N3OS. The van der Waals surface area contributed by atoms with Gasteiger partial charge in [-0.3, -0.25) is 4.57 Å². The molecule has 22 heavy (non-hydrogen) atoms. The van der Waals surface area contributed by atoms with E-state index in [0.717, 1.165) is 0 Å². The van der Waals surface area contributed by atoms with E-state index in [-0.39, 0.29) is 17.4 Å². The molecule has 0 saturated carbocycles. The molecule has 0 atom stereocenters. The van der Waals surface area contributed by atoms with Gasteiger partial charge in [0.05, 0.1) is 16.7 Å². The molecule has 8 heteroatoms. The molecule has 116 valence electrons. The highest BCUT2D eigenvalue weighted by Crippen LogP contribution is 2.35. The Morgan fingerprint density at radius 1 is 1.32 bits per heavy atom. The lowest BCUT2D eigenvalue weighted by atomic mass is 10.1. The molecule has 0 amide bonds. The molecule has 0 aliphatic rings. The van der Waals surface area contributed by atoms with E-state index in [1.165, 1.54) is 5.38 Å². The average molecular weight is 327 g/mol. The van der Waals surface area contributed by atoms with E-state index in [9.17, 15) is 18.0 Å². The minimum atomic E-state index is -4.46. The maximum absolute atomic E-state index is 12.7. The van der Waals surface area contributed by atoms with Gasteiger partial charge in [-0.1, -0.05) is 12.1 Å². The van der Waals surface area contributed by atoms with Crippen LogP contribution in [0.4, 0.5) is 13.2 Å². The van der Waals surface area contributed by atoms with Crippen molar-refractivity contribution in [2.45, 2.75) is 26.1 Å². The van der Waals surface area contributed by atoms with Gasteiger partial charge in [0.25, 0.3) is 0 Å². The number of para-hydroxylation sites is 1. The van der Waals surface area contributed by atoms with Crippen LogP contribution < -0.4 is 5.69 Å². The van der Waals surface area contributed by atoms with Crippen LogP contribution in [0.15, 0.2) is 28.4 Å². The Kier molecular flexibility index (Phi) is 3.36. The first kappa shape index (κ1) is 14.8. The summed E-state index contributed by atoms with van der Waals surface area (Å²) in [6.45, 7) is 3.73. The van der Waals surface area contributed by atoms with Crippen LogP contribution in [0.5, 0.6) is 0 Å². The highest BCUT2D eigenvalue weighted by atomic mass is 32.1. The number of benzene rings is 1. The number of hydrogen-bond acceptors (Lipinski definition) is 3. The topological polar surface area (TPSA) is 50.7 Å². The summed E-state index contributed by atoms with van der Waals surface area (Å²) in [6.07, 6.45) is -4.46. The summed E-state index contributed by atoms with van der Waals surface area (Å²) < 4.78 is 39.6. The fraction of sp³-hybridized carbons (Fsp3) is 0.286. The first-order valence-electron chi connectivity index (χ1n) is 6.55. The second-order valence-electron chi connectivity index (χ2n) is 5.13. The van der Waals surface area contributed by atoms with Crippen LogP contribution in [-0.2, 0) is 6.18 Å². The Bertz CT molecular complexity index is 889. The summed E-state index contributed by atoms with van der Waals surface area (Å²) in [7, 11) is 0. The lowest BCUT2D eigenvalue weighted by Crippen LogP contribution is -2.18. The molecule has 0 unspecified atom stereocenters. The van der Waals surface area contributed by atoms with Crippen molar-refractivity contribution >= 4 is 22.4 Å². The number of alkyl halides is 3. The standard InChI is InChI=1S/C14H12F3N3OS/c1-7(2)20-10-5-3-4-8(11(10)19-13(20)21)9-6-22-12(18-9)14(15,16)17/h3-7H,1-2H3,(H,19,21). The number of halogens is 3. The van der Waals surface area contributed by atoms with Gasteiger partial charge in [0.15, 0.2) is 5.01 Å². The Morgan fingerprint density at radius 3 is 2.64 bits per heavy atom. The van der Waals surface area contributed by atoms with Crippen molar-refractivity contribution in [1.29, 1.82) is 0 Å². The van der Waals surface area contributed by atoms with E-state index >= 15 is 0 Å². The molecule has 0 aliphatic carbocycles. The number of H-pyrrole nitrogens is 1. The van der Waals surface area contributed by atoms with Crippen LogP contribution in [0.1, 0.15) is 24.9 Å². The Balaban J connectivity index is 2.22. The molecule has 2 aromatic heterocycles. The molecule has 0 bridgehead atoms. The maximum atomic E-state index is 12.7. The third-order valence-electron chi connectivity index (χ3n) is 3.29. The smallest absolute Gasteiger partial charge is 0.305 e. The third kappa shape index (κ3) is 2.33. The number of hydrogen-bond donors (Lipinski definition) is 1. The first-order chi connectivity index (χ1) is 10.3. The minimum absolute atomic E-state index is 0.0577. The SMILES string of the molecule is CC(C)n1c(=O)[nH]c2c(-c3csc(C(F)(F)F)n3)cccc21. The van der Waals surface area contributed by atoms with Gasteiger partial charge in [-0.15, -0.1) is 11.3 Å². The zero-order chi connectivity index (χ0) is 16.1. The fourth-order valence-electron chi connectivity index (χ4n) is 2.40. The Labute approximate surface area is 127 Å². The summed E-state index contributed by atoms with van der Waals surface area (Å²) >= 11 is 0.542. The van der Waals surface area contributed by atoms with Crippen molar-refractivity contribution in [3.8, 4) is 11.3 Å². The molecule has 0 fully saturated rings. The largest absolute Gasteiger partial charge is 0.443 e. The second kappa shape index (κ2) is 4.98. The van der Waals surface area contributed by atoms with Crippen molar-refractivity contribution in [3.63, 3.8) is 0 Å². The van der Waals surface area contributed by atoms with Crippen LogP contribution in [0.3, 0.4) is 0 Å². The van der Waals surface area contributed by atoms with E-state index < -0.39 is 11.2 Å². The lowest BCUT2D eigenvalue weighted by Gasteiger charge is -2.07. The lowest BCUT2D eigenvalue weighted by molar-refractivity contribution is -0.137. The number of nitrogens with one attached hydrogen (secondary N) is 1. The van der Waals surface area contributed by atoms with Gasteiger partial charge in [-0.25, -0.2) is 9.78 Å². The van der Waals surface area contributed by atoms with E-state index in [1.54, 1.807) is 22.8 Å². The van der Waals surface area contributed by atoms with Crippen molar-refractivity contribution in [2.24, 2.45) is 0 Å². The highest BCUT2D eigenvalue weighted by molar-refractivity contribution is 7.10. The highest BCUT2D eigenvalue weighted by Gasteiger charge is 2.34. The number of thiazole rings is 1. The fourth-order valence-corrected chi connectivity index (χ4v) is 3.09. The normalized spacial score (nSPS) is 12.5. The summed E-state index contributed by atoms with van der Waals surface area (Å²) in [5, 5.41) is 0.452. The average Bonchev–Trinajstić information content (AvgIpc) is 3.00. The predicted octanol–water partition coefficient (Wildman–Crippen LogP) is 4.05. The Morgan fingerprint density at radius 2 is 2.05 bits per heavy atom. The van der Waals surface area contributed by atoms with Crippen LogP contribution in [0, 0.1) is 0 Å². The van der Waals surface area contributed by atoms with E-state index in [4.69, 9.17) is 0 Å². The van der Waals surface area contributed by atoms with E-state index in [0.29, 0.717) is 27.9 Å². The van der Waals surface area contributed by atoms with Gasteiger partial charge in [0, 0.05) is 17.0 Å². The van der Waals surface area contributed by atoms with E-state index in [1.807, 2.05) is 13.8 Å². The van der Waals surface area contributed by atoms with Gasteiger partial charge >= 0.3 is 11.9 Å². The number of rotatable bonds is 2. The molecule has 4 nitrogen and oxygen atoms in total. The molecule has 2 heterocycles. The summed E-state index contributed by atoms with van der Waals surface area (Å²) in [5.41, 5.74) is 1.56. The summed E-state index contributed by atoms with van der Waals surface area (Å²) in [4.78, 5) is 18.4. The molecule has 1 N–H and O–H groups in total. The van der Waals surface area contributed by atoms with Crippen LogP contribution in [-0.4, -0.2) is 14.5 Å². The van der Waals surface area contributed by atoms with Gasteiger partial charge in [0.2, 0.25) is 0 Å². The molecule has 0 spiro atoms. The van der Waals surface area contributed by atoms with Crippen molar-refractivity contribution in [3.05, 3.63) is 39.1 Å². The van der Waals surface area contributed by atoms with Crippen molar-refractivity contribution in [2.75, 3.05) is 0 Å². The van der Waals surface area contributed by atoms with Crippen molar-refractivity contribution < 1.29 is 13.2 Å². The molecule has 3 aromatic rings. The number of aromatic amines is 1. The molecular weight excluding hydrogens is 315 g/mol. The van der Waals surface area contributed by atoms with Crippen LogP contribution in [0.2, 0.25) is 0 Å². The second-order valence-corrected chi connectivity index (χ2v) is 5.99. The van der Waals surface area contributed by atoms with Crippen molar-refractivity contribution in [1.82, 2.24) is 14.5 Å². The maximum Gasteiger partial charge on any atom is 0.443 e. The minimum Gasteiger partial charge on any atom is -0.305 e. The van der Waals surface area contributed by atoms with Gasteiger partial charge in [-0.05, 0) is 19.9 Å². The number of aromatic nitrogens is 3. The van der Waals surface area contributed by atoms with Gasteiger partial charge in [0.1, 0.15) is 0 Å². The molecule has 0 aliphatic heterocycles. The molecule has 3 rings (SSSR count). The predicted molar refractivity (Wildman–Crippen MR) is 79.1 cm³/mol. The quantitative estimate of drug-likeness (QED) is 0.772. The molecule has 0 radical (unpaired) electrons. The number of imidazole rings is 1. The van der Waals surface area contributed by atoms with Gasteiger partial charge in [-0.2, -0.15) is 13.2 Å². The molecule has 0 saturated heterocycles. The Hall–Kier alpha value is -2.09. The summed E-state index contributed by atoms with van der Waals surface area (Å²) in [6, 6.07) is 5.06. The summed E-state index contributed by atoms with van der Waals surface area (Å²) in [5.74, 6) is 0. The third-order valence-corrected chi connectivity index (χ3v) is 4.18. The van der Waals surface area contributed by atoms with Crippen LogP contribution in [0.25, 0.3) is 22.3 Å². The zero-order valence-electron chi connectivity index (χ0n) is 11.7. The monoisotopic (exact) mass is 327 g/mol.